The van der Waals surface area contributed by atoms with Crippen LogP contribution in [0.15, 0.2) is 23.1 Å². The number of benzene rings is 1. The Kier molecular flexibility index (Phi) is 4.70. The molecule has 0 saturated carbocycles. The van der Waals surface area contributed by atoms with Crippen molar-refractivity contribution in [1.82, 2.24) is 4.31 Å². The van der Waals surface area contributed by atoms with Crippen molar-refractivity contribution in [3.63, 3.8) is 0 Å². The van der Waals surface area contributed by atoms with Crippen molar-refractivity contribution < 1.29 is 12.8 Å². The highest BCUT2D eigenvalue weighted by Crippen LogP contribution is 2.24. The molecule has 18 heavy (non-hydrogen) atoms. The molecule has 1 rings (SSSR count). The second kappa shape index (κ2) is 5.67. The minimum Gasteiger partial charge on any atom is -0.398 e. The molecule has 0 amide bonds. The highest BCUT2D eigenvalue weighted by molar-refractivity contribution is 7.89. The van der Waals surface area contributed by atoms with Crippen molar-refractivity contribution in [3.05, 3.63) is 24.0 Å². The highest BCUT2D eigenvalue weighted by atomic mass is 32.2. The Morgan fingerprint density at radius 1 is 1.39 bits per heavy atom. The molecule has 0 radical (unpaired) electrons. The lowest BCUT2D eigenvalue weighted by Crippen LogP contribution is -2.30. The van der Waals surface area contributed by atoms with Crippen LogP contribution in [0, 0.1) is 11.7 Å². The molecule has 0 unspecified atom stereocenters. The fraction of sp³-hybridized carbons (Fsp3) is 0.500. The van der Waals surface area contributed by atoms with Gasteiger partial charge in [0, 0.05) is 13.6 Å². The van der Waals surface area contributed by atoms with Crippen LogP contribution < -0.4 is 5.73 Å². The summed E-state index contributed by atoms with van der Waals surface area (Å²) >= 11 is 0. The maximum atomic E-state index is 13.6. The molecule has 0 fully saturated rings. The van der Waals surface area contributed by atoms with Gasteiger partial charge in [-0.25, -0.2) is 17.1 Å². The largest absolute Gasteiger partial charge is 0.398 e. The predicted octanol–water partition coefficient (Wildman–Crippen LogP) is 2.07. The summed E-state index contributed by atoms with van der Waals surface area (Å²) in [4.78, 5) is -0.434. The van der Waals surface area contributed by atoms with Gasteiger partial charge in [-0.3, -0.25) is 0 Å². The molecule has 0 saturated heterocycles. The van der Waals surface area contributed by atoms with Crippen molar-refractivity contribution in [1.29, 1.82) is 0 Å². The lowest BCUT2D eigenvalue weighted by atomic mass is 10.1. The zero-order chi connectivity index (χ0) is 13.9. The normalized spacial score (nSPS) is 12.3. The van der Waals surface area contributed by atoms with E-state index >= 15 is 0 Å². The van der Waals surface area contributed by atoms with Gasteiger partial charge < -0.3 is 5.73 Å². The zero-order valence-electron chi connectivity index (χ0n) is 10.9. The van der Waals surface area contributed by atoms with Crippen LogP contribution in [0.25, 0.3) is 0 Å². The van der Waals surface area contributed by atoms with Crippen LogP contribution in [0.2, 0.25) is 0 Å². The van der Waals surface area contributed by atoms with Crippen LogP contribution in [0.3, 0.4) is 0 Å². The molecule has 0 bridgehead atoms. The Balaban J connectivity index is 3.06. The van der Waals surface area contributed by atoms with Gasteiger partial charge in [0.2, 0.25) is 10.0 Å². The van der Waals surface area contributed by atoms with Crippen LogP contribution >= 0.6 is 0 Å². The minimum atomic E-state index is -3.86. The first kappa shape index (κ1) is 14.9. The maximum absolute atomic E-state index is 13.6. The highest BCUT2D eigenvalue weighted by Gasteiger charge is 2.26. The van der Waals surface area contributed by atoms with Gasteiger partial charge in [-0.15, -0.1) is 0 Å². The smallest absolute Gasteiger partial charge is 0.247 e. The van der Waals surface area contributed by atoms with E-state index in [0.717, 1.165) is 10.4 Å². The van der Waals surface area contributed by atoms with Crippen molar-refractivity contribution in [2.24, 2.45) is 5.92 Å². The summed E-state index contributed by atoms with van der Waals surface area (Å²) in [6, 6.07) is 3.86. The van der Waals surface area contributed by atoms with E-state index < -0.39 is 20.7 Å². The van der Waals surface area contributed by atoms with Gasteiger partial charge in [-0.2, -0.15) is 0 Å². The van der Waals surface area contributed by atoms with Gasteiger partial charge in [-0.1, -0.05) is 19.9 Å². The topological polar surface area (TPSA) is 63.4 Å². The van der Waals surface area contributed by atoms with Crippen LogP contribution in [0.1, 0.15) is 20.3 Å². The van der Waals surface area contributed by atoms with Gasteiger partial charge in [-0.05, 0) is 24.5 Å². The fourth-order valence-corrected chi connectivity index (χ4v) is 2.85. The van der Waals surface area contributed by atoms with E-state index in [1.54, 1.807) is 0 Å². The van der Waals surface area contributed by atoms with E-state index in [1.807, 2.05) is 13.8 Å². The van der Waals surface area contributed by atoms with Crippen LogP contribution in [0.5, 0.6) is 0 Å². The monoisotopic (exact) mass is 274 g/mol. The summed E-state index contributed by atoms with van der Waals surface area (Å²) in [7, 11) is -2.43. The van der Waals surface area contributed by atoms with E-state index in [1.165, 1.54) is 19.2 Å². The number of sulfonamides is 1. The number of nitrogens with zero attached hydrogens (tertiary/aromatic N) is 1. The first-order valence-corrected chi connectivity index (χ1v) is 7.21. The molecular weight excluding hydrogens is 255 g/mol. The Bertz CT molecular complexity index is 495. The Hall–Kier alpha value is -1.14. The molecule has 0 aliphatic rings. The maximum Gasteiger partial charge on any atom is 0.247 e. The molecule has 0 aliphatic carbocycles. The molecule has 0 heterocycles. The third-order valence-electron chi connectivity index (χ3n) is 2.69. The number of nitrogens with two attached hydrogens (primary N) is 1. The molecule has 6 heteroatoms. The Morgan fingerprint density at radius 2 is 2.00 bits per heavy atom. The molecule has 1 aromatic rings. The SMILES string of the molecule is CC(C)CCN(C)S(=O)(=O)c1c(N)cccc1F. The number of rotatable bonds is 5. The first-order valence-electron chi connectivity index (χ1n) is 5.77. The summed E-state index contributed by atoms with van der Waals surface area (Å²) in [5, 5.41) is 0. The molecule has 0 spiro atoms. The fourth-order valence-electron chi connectivity index (χ4n) is 1.51. The molecule has 0 atom stereocenters. The summed E-state index contributed by atoms with van der Waals surface area (Å²) in [6.45, 7) is 4.34. The molecule has 1 aromatic carbocycles. The van der Waals surface area contributed by atoms with Gasteiger partial charge >= 0.3 is 0 Å². The van der Waals surface area contributed by atoms with Crippen molar-refractivity contribution >= 4 is 15.7 Å². The van der Waals surface area contributed by atoms with Crippen molar-refractivity contribution in [2.75, 3.05) is 19.3 Å². The number of halogens is 1. The Labute approximate surface area is 108 Å². The van der Waals surface area contributed by atoms with Gasteiger partial charge in [0.25, 0.3) is 0 Å². The molecule has 0 aromatic heterocycles. The van der Waals surface area contributed by atoms with Crippen LogP contribution in [-0.4, -0.2) is 26.3 Å². The van der Waals surface area contributed by atoms with Crippen LogP contribution in [0.4, 0.5) is 10.1 Å². The zero-order valence-corrected chi connectivity index (χ0v) is 11.7. The molecule has 0 aliphatic heterocycles. The van der Waals surface area contributed by atoms with Gasteiger partial charge in [0.15, 0.2) is 0 Å². The first-order chi connectivity index (χ1) is 8.26. The van der Waals surface area contributed by atoms with E-state index in [-0.39, 0.29) is 5.69 Å². The molecule has 102 valence electrons. The van der Waals surface area contributed by atoms with Gasteiger partial charge in [0.05, 0.1) is 5.69 Å². The summed E-state index contributed by atoms with van der Waals surface area (Å²) < 4.78 is 39.1. The summed E-state index contributed by atoms with van der Waals surface area (Å²) in [5.41, 5.74) is 5.49. The lowest BCUT2D eigenvalue weighted by molar-refractivity contribution is 0.425. The van der Waals surface area contributed by atoms with Gasteiger partial charge in [0.1, 0.15) is 10.7 Å². The lowest BCUT2D eigenvalue weighted by Gasteiger charge is -2.19. The number of hydrogen-bond acceptors (Lipinski definition) is 3. The average Bonchev–Trinajstić information content (AvgIpc) is 2.25. The molecular formula is C12H19FN2O2S. The van der Waals surface area contributed by atoms with E-state index in [9.17, 15) is 12.8 Å². The molecule has 4 nitrogen and oxygen atoms in total. The number of anilines is 1. The number of nitrogen functional groups attached to an aromatic ring is 1. The van der Waals surface area contributed by atoms with E-state index in [2.05, 4.69) is 0 Å². The van der Waals surface area contributed by atoms with Crippen molar-refractivity contribution in [3.8, 4) is 0 Å². The number of hydrogen-bond donors (Lipinski definition) is 1. The summed E-state index contributed by atoms with van der Waals surface area (Å²) in [5.74, 6) is -0.438. The minimum absolute atomic E-state index is 0.0635. The standard InChI is InChI=1S/C12H19FN2O2S/c1-9(2)7-8-15(3)18(16,17)12-10(13)5-4-6-11(12)14/h4-6,9H,7-8,14H2,1-3H3. The average molecular weight is 274 g/mol. The third-order valence-corrected chi connectivity index (χ3v) is 4.64. The quantitative estimate of drug-likeness (QED) is 0.836. The second-order valence-corrected chi connectivity index (χ2v) is 6.65. The second-order valence-electron chi connectivity index (χ2n) is 4.67. The van der Waals surface area contributed by atoms with E-state index in [0.29, 0.717) is 18.9 Å². The van der Waals surface area contributed by atoms with Crippen LogP contribution in [-0.2, 0) is 10.0 Å². The van der Waals surface area contributed by atoms with E-state index in [4.69, 9.17) is 5.73 Å². The third kappa shape index (κ3) is 3.20. The summed E-state index contributed by atoms with van der Waals surface area (Å²) in [6.07, 6.45) is 0.712. The predicted molar refractivity (Wildman–Crippen MR) is 70.1 cm³/mol. The Morgan fingerprint density at radius 3 is 2.50 bits per heavy atom. The van der Waals surface area contributed by atoms with Crippen molar-refractivity contribution in [2.45, 2.75) is 25.2 Å². The molecule has 2 N–H and O–H groups in total.